The number of nitrogen functional groups attached to an aromatic ring is 2. The highest BCUT2D eigenvalue weighted by Crippen LogP contribution is 2.47. The third kappa shape index (κ3) is 3.35. The van der Waals surface area contributed by atoms with Gasteiger partial charge in [0, 0.05) is 23.6 Å². The molecule has 5 atom stereocenters. The molecule has 12 heteroatoms. The summed E-state index contributed by atoms with van der Waals surface area (Å²) >= 11 is 0. The largest absolute Gasteiger partial charge is 0.488 e. The Balaban J connectivity index is 1.24. The highest BCUT2D eigenvalue weighted by atomic mass is 19.3. The van der Waals surface area contributed by atoms with E-state index in [1.165, 1.54) is 12.4 Å². The average Bonchev–Trinajstić information content (AvgIpc) is 3.46. The monoisotopic (exact) mass is 486 g/mol. The number of ether oxygens (including phenoxy) is 2. The van der Waals surface area contributed by atoms with Crippen LogP contribution in [0.2, 0.25) is 0 Å². The normalized spacial score (nSPS) is 29.7. The van der Waals surface area contributed by atoms with Crippen molar-refractivity contribution in [3.05, 3.63) is 41.7 Å². The van der Waals surface area contributed by atoms with Crippen molar-refractivity contribution < 1.29 is 28.5 Å². The molecule has 0 unspecified atom stereocenters. The molecule has 3 aromatic rings. The summed E-state index contributed by atoms with van der Waals surface area (Å²) in [5.41, 5.74) is 11.0. The third-order valence-electron chi connectivity index (χ3n) is 7.24. The number of aliphatic hydroxyl groups is 2. The first-order valence-corrected chi connectivity index (χ1v) is 11.3. The van der Waals surface area contributed by atoms with E-state index < -0.39 is 36.6 Å². The van der Waals surface area contributed by atoms with Gasteiger partial charge >= 0.3 is 0 Å². The van der Waals surface area contributed by atoms with Crippen molar-refractivity contribution in [2.45, 2.75) is 55.8 Å². The second kappa shape index (κ2) is 7.83. The summed E-state index contributed by atoms with van der Waals surface area (Å²) < 4.78 is 38.6. The van der Waals surface area contributed by atoms with E-state index >= 15 is 0 Å². The summed E-state index contributed by atoms with van der Waals surface area (Å²) in [6, 6.07) is 6.19. The highest BCUT2D eigenvalue weighted by Gasteiger charge is 2.63. The molecule has 6 rings (SSSR count). The van der Waals surface area contributed by atoms with Crippen LogP contribution in [0.5, 0.6) is 5.75 Å². The molecule has 0 amide bonds. The lowest BCUT2D eigenvalue weighted by Gasteiger charge is -2.30. The molecule has 3 aliphatic rings. The van der Waals surface area contributed by atoms with Crippen LogP contribution < -0.4 is 21.1 Å². The molecule has 0 radical (unpaired) electrons. The van der Waals surface area contributed by atoms with E-state index in [1.54, 1.807) is 23.1 Å². The Morgan fingerprint density at radius 2 is 2.03 bits per heavy atom. The summed E-state index contributed by atoms with van der Waals surface area (Å²) in [7, 11) is 0. The minimum atomic E-state index is -2.72. The maximum atomic E-state index is 13.1. The van der Waals surface area contributed by atoms with Crippen LogP contribution in [-0.4, -0.2) is 61.9 Å². The maximum Gasteiger partial charge on any atom is 0.267 e. The van der Waals surface area contributed by atoms with Gasteiger partial charge in [0.05, 0.1) is 11.1 Å². The van der Waals surface area contributed by atoms with Crippen LogP contribution in [0.3, 0.4) is 0 Å². The lowest BCUT2D eigenvalue weighted by molar-refractivity contribution is -0.0771. The number of fused-ring (bicyclic) bond motifs is 3. The molecule has 1 aliphatic carbocycles. The summed E-state index contributed by atoms with van der Waals surface area (Å²) in [4.78, 5) is 14.2. The molecule has 10 nitrogen and oxygen atoms in total. The Hall–Kier alpha value is -3.35. The first kappa shape index (κ1) is 22.1. The van der Waals surface area contributed by atoms with Gasteiger partial charge in [-0.25, -0.2) is 23.7 Å². The van der Waals surface area contributed by atoms with Crippen molar-refractivity contribution in [3.8, 4) is 5.75 Å². The van der Waals surface area contributed by atoms with Crippen LogP contribution in [0.1, 0.15) is 30.4 Å². The number of nitrogens with zero attached hydrogens (tertiary/aromatic N) is 4. The quantitative estimate of drug-likeness (QED) is 0.427. The van der Waals surface area contributed by atoms with E-state index in [9.17, 15) is 19.0 Å². The zero-order valence-electron chi connectivity index (χ0n) is 18.5. The highest BCUT2D eigenvalue weighted by molar-refractivity contribution is 5.82. The van der Waals surface area contributed by atoms with E-state index in [1.807, 2.05) is 0 Å². The Kier molecular flexibility index (Phi) is 4.95. The molecule has 2 aliphatic heterocycles. The maximum absolute atomic E-state index is 13.1. The Morgan fingerprint density at radius 3 is 2.83 bits per heavy atom. The predicted molar refractivity (Wildman–Crippen MR) is 122 cm³/mol. The van der Waals surface area contributed by atoms with Gasteiger partial charge in [0.1, 0.15) is 53.4 Å². The van der Waals surface area contributed by atoms with Gasteiger partial charge in [0.2, 0.25) is 0 Å². The van der Waals surface area contributed by atoms with Crippen LogP contribution in [0, 0.1) is 0 Å². The van der Waals surface area contributed by atoms with Gasteiger partial charge < -0.3 is 36.1 Å². The van der Waals surface area contributed by atoms with Gasteiger partial charge in [0.15, 0.2) is 6.23 Å². The fourth-order valence-electron chi connectivity index (χ4n) is 5.44. The molecule has 0 spiro atoms. The number of halogens is 2. The zero-order valence-corrected chi connectivity index (χ0v) is 18.5. The van der Waals surface area contributed by atoms with Crippen LogP contribution in [-0.2, 0) is 11.2 Å². The second-order valence-corrected chi connectivity index (χ2v) is 9.20. The lowest BCUT2D eigenvalue weighted by Crippen LogP contribution is -2.50. The van der Waals surface area contributed by atoms with E-state index in [0.717, 1.165) is 5.56 Å². The van der Waals surface area contributed by atoms with Gasteiger partial charge in [-0.1, -0.05) is 0 Å². The van der Waals surface area contributed by atoms with E-state index in [-0.39, 0.29) is 17.8 Å². The summed E-state index contributed by atoms with van der Waals surface area (Å²) in [5.74, 6) is 1.16. The zero-order chi connectivity index (χ0) is 24.5. The molecule has 1 saturated carbocycles. The first-order valence-electron chi connectivity index (χ1n) is 11.3. The van der Waals surface area contributed by atoms with Crippen molar-refractivity contribution in [3.63, 3.8) is 0 Å². The van der Waals surface area contributed by atoms with E-state index in [0.29, 0.717) is 47.7 Å². The standard InChI is InChI=1S/C23H24F2N6O4/c24-18(25)13-7-10-1-2-11(8-14(10)30-20(13)27)34-15-3-5-23(33)16(32)22(35-17(15)23)31-6-4-12-19(26)28-9-29-21(12)31/h1-2,7-9,15-18,22,32-33H,3-6H2,(H2,27,30)(H2,26,28,29)/t15-,16-,17+,22+,23-/m0/s1. The number of aromatic nitrogens is 3. The fourth-order valence-corrected chi connectivity index (χ4v) is 5.44. The number of hydrogen-bond donors (Lipinski definition) is 4. The van der Waals surface area contributed by atoms with Gasteiger partial charge in [0.25, 0.3) is 6.43 Å². The number of anilines is 3. The molecule has 6 N–H and O–H groups in total. The van der Waals surface area contributed by atoms with Crippen molar-refractivity contribution in [1.29, 1.82) is 0 Å². The molecular weight excluding hydrogens is 462 g/mol. The van der Waals surface area contributed by atoms with Crippen molar-refractivity contribution >= 4 is 28.4 Å². The van der Waals surface area contributed by atoms with Crippen LogP contribution in [0.15, 0.2) is 30.6 Å². The van der Waals surface area contributed by atoms with Crippen molar-refractivity contribution in [2.24, 2.45) is 0 Å². The Bertz CT molecular complexity index is 1310. The summed E-state index contributed by atoms with van der Waals surface area (Å²) in [6.45, 7) is 0.520. The van der Waals surface area contributed by atoms with Gasteiger partial charge in [-0.15, -0.1) is 0 Å². The summed E-state index contributed by atoms with van der Waals surface area (Å²) in [5, 5.41) is 22.9. The SMILES string of the molecule is Nc1nc2cc(O[C@H]3CC[C@@]4(O)[C@@H]3O[C@@H](N3CCc5c(N)ncnc53)[C@@H]4O)ccc2cc1C(F)F. The predicted octanol–water partition coefficient (Wildman–Crippen LogP) is 1.55. The summed E-state index contributed by atoms with van der Waals surface area (Å²) in [6.07, 6.45) is -3.36. The number of nitrogens with two attached hydrogens (primary N) is 2. The number of benzene rings is 1. The smallest absolute Gasteiger partial charge is 0.267 e. The van der Waals surface area contributed by atoms with Crippen molar-refractivity contribution in [2.75, 3.05) is 22.9 Å². The minimum absolute atomic E-state index is 0.236. The average molecular weight is 486 g/mol. The lowest BCUT2D eigenvalue weighted by atomic mass is 9.94. The van der Waals surface area contributed by atoms with E-state index in [4.69, 9.17) is 20.9 Å². The van der Waals surface area contributed by atoms with Gasteiger partial charge in [-0.05, 0) is 37.5 Å². The molecule has 2 fully saturated rings. The number of pyridine rings is 1. The molecule has 184 valence electrons. The molecule has 1 saturated heterocycles. The Morgan fingerprint density at radius 1 is 1.20 bits per heavy atom. The number of hydrogen-bond acceptors (Lipinski definition) is 10. The third-order valence-corrected chi connectivity index (χ3v) is 7.24. The number of rotatable bonds is 4. The molecule has 2 aromatic heterocycles. The molecule has 35 heavy (non-hydrogen) atoms. The topological polar surface area (TPSA) is 153 Å². The second-order valence-electron chi connectivity index (χ2n) is 9.20. The van der Waals surface area contributed by atoms with Gasteiger partial charge in [-0.2, -0.15) is 0 Å². The molecule has 1 aromatic carbocycles. The van der Waals surface area contributed by atoms with E-state index in [2.05, 4.69) is 15.0 Å². The van der Waals surface area contributed by atoms with Crippen LogP contribution >= 0.6 is 0 Å². The van der Waals surface area contributed by atoms with Crippen LogP contribution in [0.25, 0.3) is 10.9 Å². The number of alkyl halides is 2. The number of aliphatic hydroxyl groups excluding tert-OH is 1. The molecule has 0 bridgehead atoms. The molecular formula is C23H24F2N6O4. The Labute approximate surface area is 198 Å². The van der Waals surface area contributed by atoms with Crippen molar-refractivity contribution in [1.82, 2.24) is 15.0 Å². The van der Waals surface area contributed by atoms with Crippen LogP contribution in [0.4, 0.5) is 26.2 Å². The molecule has 4 heterocycles. The van der Waals surface area contributed by atoms with Gasteiger partial charge in [-0.3, -0.25) is 0 Å². The fraction of sp³-hybridized carbons (Fsp3) is 0.435. The first-order chi connectivity index (χ1) is 16.8. The minimum Gasteiger partial charge on any atom is -0.488 e.